The summed E-state index contributed by atoms with van der Waals surface area (Å²) in [6, 6.07) is 16.7. The Morgan fingerprint density at radius 2 is 1.84 bits per heavy atom. The van der Waals surface area contributed by atoms with Crippen LogP contribution in [0, 0.1) is 34.0 Å². The lowest BCUT2D eigenvalue weighted by Gasteiger charge is -2.63. The smallest absolute Gasteiger partial charge is 0.335 e. The van der Waals surface area contributed by atoms with Gasteiger partial charge in [0.05, 0.1) is 28.9 Å². The number of aromatic carboxylic acids is 1. The highest BCUT2D eigenvalue weighted by Crippen LogP contribution is 2.72. The Morgan fingerprint density at radius 1 is 1.09 bits per heavy atom. The van der Waals surface area contributed by atoms with E-state index in [4.69, 9.17) is 0 Å². The normalized spacial score (nSPS) is 35.6. The summed E-state index contributed by atoms with van der Waals surface area (Å²) in [4.78, 5) is 41.1. The average Bonchev–Trinajstić information content (AvgIpc) is 3.30. The molecule has 2 N–H and O–H groups in total. The van der Waals surface area contributed by atoms with Crippen molar-refractivity contribution in [2.45, 2.75) is 72.9 Å². The molecule has 3 fully saturated rings. The predicted molar refractivity (Wildman–Crippen MR) is 167 cm³/mol. The van der Waals surface area contributed by atoms with Crippen LogP contribution in [0.3, 0.4) is 0 Å². The predicted octanol–water partition coefficient (Wildman–Crippen LogP) is 6.93. The molecule has 7 atom stereocenters. The fourth-order valence-corrected chi connectivity index (χ4v) is 10.9. The zero-order chi connectivity index (χ0) is 31.5. The minimum Gasteiger partial charge on any atom is -0.478 e. The second-order valence-electron chi connectivity index (χ2n) is 12.9. The highest BCUT2D eigenvalue weighted by molar-refractivity contribution is 8.14. The van der Waals surface area contributed by atoms with E-state index < -0.39 is 39.9 Å². The number of allylic oxidation sites excluding steroid dienone is 4. The maximum Gasteiger partial charge on any atom is 0.335 e. The van der Waals surface area contributed by atoms with E-state index in [9.17, 15) is 29.9 Å². The third-order valence-corrected chi connectivity index (χ3v) is 13.0. The van der Waals surface area contributed by atoms with Gasteiger partial charge in [-0.2, -0.15) is 5.26 Å². The molecule has 2 aromatic carbocycles. The molecule has 9 heteroatoms. The highest BCUT2D eigenvalue weighted by atomic mass is 32.2. The van der Waals surface area contributed by atoms with E-state index in [1.54, 1.807) is 25.1 Å². The third-order valence-electron chi connectivity index (χ3n) is 11.1. The van der Waals surface area contributed by atoms with Crippen molar-refractivity contribution in [3.8, 4) is 6.07 Å². The highest BCUT2D eigenvalue weighted by Gasteiger charge is 2.74. The first-order valence-electron chi connectivity index (χ1n) is 14.9. The number of hydrogen-bond acceptors (Lipinski definition) is 7. The van der Waals surface area contributed by atoms with Crippen molar-refractivity contribution in [3.63, 3.8) is 0 Å². The molecule has 0 amide bonds. The van der Waals surface area contributed by atoms with Crippen LogP contribution < -0.4 is 0 Å². The number of aliphatic hydroxyl groups is 1. The molecule has 4 aliphatic carbocycles. The number of hydrogen-bond donors (Lipinski definition) is 2. The molecule has 3 unspecified atom stereocenters. The molecular weight excluding hydrogens is 598 g/mol. The van der Waals surface area contributed by atoms with Gasteiger partial charge in [-0.25, -0.2) is 9.18 Å². The number of nitriles is 1. The van der Waals surface area contributed by atoms with Gasteiger partial charge in [0.1, 0.15) is 0 Å². The first-order chi connectivity index (χ1) is 20.9. The molecule has 2 aromatic rings. The number of nitrogens with zero attached hydrogens (tertiary/aromatic N) is 1. The summed E-state index contributed by atoms with van der Waals surface area (Å²) in [6.45, 7) is 3.66. The second-order valence-corrected chi connectivity index (χ2v) is 15.0. The molecule has 3 saturated carbocycles. The van der Waals surface area contributed by atoms with Gasteiger partial charge in [-0.05, 0) is 98.4 Å². The molecule has 228 valence electrons. The number of halogens is 1. The third kappa shape index (κ3) is 4.28. The summed E-state index contributed by atoms with van der Waals surface area (Å²) >= 11 is 2.32. The Hall–Kier alpha value is -3.19. The second kappa shape index (κ2) is 11.0. The minimum absolute atomic E-state index is 0.00341. The molecule has 0 saturated heterocycles. The zero-order valence-corrected chi connectivity index (χ0v) is 26.2. The number of benzene rings is 2. The molecule has 0 aliphatic heterocycles. The number of aliphatic hydroxyl groups excluding tert-OH is 1. The Bertz CT molecular complexity index is 1650. The molecule has 0 aromatic heterocycles. The number of ketones is 1. The van der Waals surface area contributed by atoms with E-state index in [0.717, 1.165) is 21.6 Å². The van der Waals surface area contributed by atoms with E-state index in [0.29, 0.717) is 30.4 Å². The maximum atomic E-state index is 17.8. The SMILES string of the molecule is C[C@]12C=CC(=O)C=C1CCC1C3CC[C@@](C(=O)SCC#N)(c4cc(Sc5ccccc5)ccc4C(=O)O)[C@@]3(C)C[C@H](O)C12F. The molecule has 4 aliphatic rings. The Balaban J connectivity index is 1.52. The van der Waals surface area contributed by atoms with Crippen LogP contribution >= 0.6 is 23.5 Å². The summed E-state index contributed by atoms with van der Waals surface area (Å²) in [6.07, 6.45) is 4.58. The summed E-state index contributed by atoms with van der Waals surface area (Å²) < 4.78 is 17.8. The van der Waals surface area contributed by atoms with Crippen molar-refractivity contribution in [1.29, 1.82) is 5.26 Å². The number of alkyl halides is 1. The van der Waals surface area contributed by atoms with E-state index in [-0.39, 0.29) is 41.0 Å². The van der Waals surface area contributed by atoms with Gasteiger partial charge in [0.25, 0.3) is 0 Å². The van der Waals surface area contributed by atoms with Gasteiger partial charge in [0, 0.05) is 21.1 Å². The van der Waals surface area contributed by atoms with Crippen molar-refractivity contribution in [2.24, 2.45) is 22.7 Å². The number of carbonyl (C=O) groups excluding carboxylic acids is 2. The fourth-order valence-electron chi connectivity index (χ4n) is 9.10. The van der Waals surface area contributed by atoms with E-state index in [1.807, 2.05) is 43.3 Å². The van der Waals surface area contributed by atoms with Crippen LogP contribution in [0.2, 0.25) is 0 Å². The molecule has 0 heterocycles. The summed E-state index contributed by atoms with van der Waals surface area (Å²) in [5.41, 5.74) is -4.59. The van der Waals surface area contributed by atoms with Crippen LogP contribution in [0.5, 0.6) is 0 Å². The number of rotatable bonds is 6. The maximum absolute atomic E-state index is 17.8. The number of carbonyl (C=O) groups is 3. The Labute approximate surface area is 264 Å². The molecule has 0 spiro atoms. The minimum atomic E-state index is -2.07. The summed E-state index contributed by atoms with van der Waals surface area (Å²) in [5.74, 6) is -2.44. The molecular formula is C35H34FNO5S2. The number of thioether (sulfide) groups is 1. The van der Waals surface area contributed by atoms with E-state index in [2.05, 4.69) is 0 Å². The fraction of sp³-hybridized carbons (Fsp3) is 0.429. The first kappa shape index (κ1) is 30.8. The van der Waals surface area contributed by atoms with Gasteiger partial charge < -0.3 is 10.2 Å². The van der Waals surface area contributed by atoms with Gasteiger partial charge in [-0.3, -0.25) is 9.59 Å². The number of fused-ring (bicyclic) bond motifs is 5. The van der Waals surface area contributed by atoms with Crippen molar-refractivity contribution in [3.05, 3.63) is 83.5 Å². The number of carboxylic acid groups (broad SMARTS) is 1. The van der Waals surface area contributed by atoms with Gasteiger partial charge >= 0.3 is 5.97 Å². The van der Waals surface area contributed by atoms with Crippen LogP contribution in [0.25, 0.3) is 0 Å². The van der Waals surface area contributed by atoms with E-state index in [1.165, 1.54) is 30.0 Å². The molecule has 6 rings (SSSR count). The van der Waals surface area contributed by atoms with Crippen molar-refractivity contribution >= 4 is 40.4 Å². The Morgan fingerprint density at radius 3 is 2.55 bits per heavy atom. The van der Waals surface area contributed by atoms with Crippen LogP contribution in [-0.4, -0.2) is 44.6 Å². The van der Waals surface area contributed by atoms with Gasteiger partial charge in [-0.1, -0.05) is 60.3 Å². The standard InChI is InChI=1S/C35H34FNO5S2/c1-32-14-12-22(38)18-21(32)8-11-27-26-13-15-34(31(42)43-17-16-37,33(26,2)20-29(39)35(27,32)36)28-19-24(9-10-25(28)30(40)41)44-23-6-4-3-5-7-23/h3-7,9-10,12,14,18-19,26-27,29,39H,8,11,13,15,17,20H2,1-2H3,(H,40,41)/t26?,27?,29-,32-,33-,34-,35?/m0/s1. The van der Waals surface area contributed by atoms with Crippen LogP contribution in [0.15, 0.2) is 82.1 Å². The largest absolute Gasteiger partial charge is 0.478 e. The van der Waals surface area contributed by atoms with Crippen molar-refractivity contribution in [1.82, 2.24) is 0 Å². The van der Waals surface area contributed by atoms with Gasteiger partial charge in [-0.15, -0.1) is 0 Å². The lowest BCUT2D eigenvalue weighted by Crippen LogP contribution is -2.68. The molecule has 0 radical (unpaired) electrons. The monoisotopic (exact) mass is 631 g/mol. The first-order valence-corrected chi connectivity index (χ1v) is 16.7. The van der Waals surface area contributed by atoms with Gasteiger partial charge in [0.2, 0.25) is 5.12 Å². The summed E-state index contributed by atoms with van der Waals surface area (Å²) in [5, 5.41) is 31.4. The van der Waals surface area contributed by atoms with Crippen LogP contribution in [0.4, 0.5) is 4.39 Å². The van der Waals surface area contributed by atoms with Crippen molar-refractivity contribution in [2.75, 3.05) is 5.75 Å². The molecule has 6 nitrogen and oxygen atoms in total. The lowest BCUT2D eigenvalue weighted by atomic mass is 9.43. The quantitative estimate of drug-likeness (QED) is 0.353. The van der Waals surface area contributed by atoms with E-state index >= 15 is 4.39 Å². The van der Waals surface area contributed by atoms with Crippen molar-refractivity contribution < 1.29 is 29.0 Å². The molecule has 44 heavy (non-hydrogen) atoms. The molecule has 0 bridgehead atoms. The van der Waals surface area contributed by atoms with Crippen LogP contribution in [-0.2, 0) is 15.0 Å². The summed E-state index contributed by atoms with van der Waals surface area (Å²) in [7, 11) is 0. The van der Waals surface area contributed by atoms with Crippen LogP contribution in [0.1, 0.15) is 61.9 Å². The Kier molecular flexibility index (Phi) is 7.71. The zero-order valence-electron chi connectivity index (χ0n) is 24.6. The average molecular weight is 632 g/mol. The topological polar surface area (TPSA) is 115 Å². The van der Waals surface area contributed by atoms with Gasteiger partial charge in [0.15, 0.2) is 11.5 Å². The lowest BCUT2D eigenvalue weighted by molar-refractivity contribution is -0.197. The number of carboxylic acids is 1.